The molecule has 0 aliphatic carbocycles. The van der Waals surface area contributed by atoms with Gasteiger partial charge < -0.3 is 14.6 Å². The Kier molecular flexibility index (Phi) is 5.72. The van der Waals surface area contributed by atoms with Crippen LogP contribution in [-0.4, -0.2) is 21.3 Å². The van der Waals surface area contributed by atoms with E-state index in [1.165, 1.54) is 24.3 Å². The number of carboxylic acid groups (broad SMARTS) is 1. The van der Waals surface area contributed by atoms with Crippen molar-refractivity contribution in [3.8, 4) is 23.0 Å². The molecule has 0 spiro atoms. The molecule has 0 aliphatic rings. The van der Waals surface area contributed by atoms with E-state index in [-0.39, 0.29) is 30.1 Å². The van der Waals surface area contributed by atoms with Crippen molar-refractivity contribution in [2.24, 2.45) is 0 Å². The molecule has 6 nitrogen and oxygen atoms in total. The second-order valence-electron chi connectivity index (χ2n) is 7.02. The third-order valence-electron chi connectivity index (χ3n) is 4.66. The predicted octanol–water partition coefficient (Wildman–Crippen LogP) is 6.18. The molecule has 4 rings (SSSR count). The van der Waals surface area contributed by atoms with Gasteiger partial charge in [0, 0.05) is 11.8 Å². The Morgan fingerprint density at radius 1 is 0.969 bits per heavy atom. The predicted molar refractivity (Wildman–Crippen MR) is 110 cm³/mol. The summed E-state index contributed by atoms with van der Waals surface area (Å²) in [6.07, 6.45) is -2.94. The number of benzene rings is 3. The quantitative estimate of drug-likeness (QED) is 0.357. The summed E-state index contributed by atoms with van der Waals surface area (Å²) in [4.78, 5) is 10.7. The van der Waals surface area contributed by atoms with Gasteiger partial charge in [-0.1, -0.05) is 12.1 Å². The van der Waals surface area contributed by atoms with Crippen LogP contribution in [0.25, 0.3) is 10.9 Å². The smallest absolute Gasteiger partial charge is 0.420 e. The summed E-state index contributed by atoms with van der Waals surface area (Å²) < 4.78 is 52.3. The van der Waals surface area contributed by atoms with E-state index < -0.39 is 17.7 Å². The van der Waals surface area contributed by atoms with Crippen molar-refractivity contribution in [1.82, 2.24) is 10.2 Å². The molecule has 32 heavy (non-hydrogen) atoms. The average Bonchev–Trinajstić information content (AvgIpc) is 3.21. The Balaban J connectivity index is 1.59. The highest BCUT2D eigenvalue weighted by atomic mass is 19.4. The largest absolute Gasteiger partial charge is 0.481 e. The van der Waals surface area contributed by atoms with E-state index in [1.54, 1.807) is 36.5 Å². The van der Waals surface area contributed by atoms with E-state index in [0.29, 0.717) is 11.3 Å². The van der Waals surface area contributed by atoms with Crippen LogP contribution in [0.2, 0.25) is 0 Å². The normalized spacial score (nSPS) is 11.5. The van der Waals surface area contributed by atoms with E-state index in [2.05, 4.69) is 10.2 Å². The standard InChI is InChI=1S/C23H17F3N2O4/c24-23(25,26)19-12-18(31-17-5-7-20-15(11-17)13-27-28-20)6-8-21(19)32-16-3-1-2-14(10-16)4-9-22(29)30/h1-3,5-8,10-13H,4,9H2,(H,27,28)(H,29,30). The molecular formula is C23H17F3N2O4. The number of H-pyrrole nitrogens is 1. The lowest BCUT2D eigenvalue weighted by Gasteiger charge is -2.16. The molecule has 0 amide bonds. The molecule has 164 valence electrons. The molecule has 1 aromatic heterocycles. The minimum Gasteiger partial charge on any atom is -0.481 e. The molecule has 0 atom stereocenters. The number of aliphatic carboxylic acids is 1. The lowest BCUT2D eigenvalue weighted by molar-refractivity contribution is -0.139. The van der Waals surface area contributed by atoms with Gasteiger partial charge >= 0.3 is 12.1 Å². The second-order valence-corrected chi connectivity index (χ2v) is 7.02. The number of aryl methyl sites for hydroxylation is 1. The third-order valence-corrected chi connectivity index (χ3v) is 4.66. The van der Waals surface area contributed by atoms with Gasteiger partial charge in [0.25, 0.3) is 0 Å². The Labute approximate surface area is 180 Å². The highest BCUT2D eigenvalue weighted by molar-refractivity contribution is 5.79. The first kappa shape index (κ1) is 21.2. The first-order chi connectivity index (χ1) is 15.3. The van der Waals surface area contributed by atoms with Gasteiger partial charge in [0.05, 0.1) is 11.7 Å². The molecule has 0 fully saturated rings. The number of fused-ring (bicyclic) bond motifs is 1. The summed E-state index contributed by atoms with van der Waals surface area (Å²) >= 11 is 0. The van der Waals surface area contributed by atoms with Crippen molar-refractivity contribution < 1.29 is 32.5 Å². The third kappa shape index (κ3) is 5.00. The summed E-state index contributed by atoms with van der Waals surface area (Å²) in [5.74, 6) is -0.796. The molecule has 1 heterocycles. The number of alkyl halides is 3. The van der Waals surface area contributed by atoms with Gasteiger partial charge in [-0.05, 0) is 60.5 Å². The van der Waals surface area contributed by atoms with Gasteiger partial charge in [0.2, 0.25) is 0 Å². The molecule has 0 unspecified atom stereocenters. The molecule has 4 aromatic rings. The Morgan fingerprint density at radius 2 is 1.72 bits per heavy atom. The second kappa shape index (κ2) is 8.62. The fourth-order valence-electron chi connectivity index (χ4n) is 3.15. The zero-order valence-electron chi connectivity index (χ0n) is 16.5. The Hall–Kier alpha value is -4.01. The van der Waals surface area contributed by atoms with E-state index in [0.717, 1.165) is 17.0 Å². The molecule has 0 bridgehead atoms. The highest BCUT2D eigenvalue weighted by Crippen LogP contribution is 2.41. The average molecular weight is 442 g/mol. The van der Waals surface area contributed by atoms with Crippen LogP contribution in [0.15, 0.2) is 66.9 Å². The number of aromatic amines is 1. The van der Waals surface area contributed by atoms with E-state index in [9.17, 15) is 18.0 Å². The van der Waals surface area contributed by atoms with Crippen LogP contribution in [0.1, 0.15) is 17.5 Å². The zero-order valence-corrected chi connectivity index (χ0v) is 16.5. The Bertz CT molecular complexity index is 1270. The number of nitrogens with zero attached hydrogens (tertiary/aromatic N) is 1. The number of hydrogen-bond donors (Lipinski definition) is 2. The van der Waals surface area contributed by atoms with Gasteiger partial charge in [0.15, 0.2) is 0 Å². The van der Waals surface area contributed by atoms with Crippen LogP contribution in [-0.2, 0) is 17.4 Å². The fraction of sp³-hybridized carbons (Fsp3) is 0.130. The van der Waals surface area contributed by atoms with Gasteiger partial charge in [-0.2, -0.15) is 18.3 Å². The summed E-state index contributed by atoms with van der Waals surface area (Å²) in [6.45, 7) is 0. The van der Waals surface area contributed by atoms with Crippen LogP contribution >= 0.6 is 0 Å². The number of carbonyl (C=O) groups is 1. The maximum Gasteiger partial charge on any atom is 0.420 e. The van der Waals surface area contributed by atoms with E-state index in [4.69, 9.17) is 14.6 Å². The first-order valence-corrected chi connectivity index (χ1v) is 9.59. The number of ether oxygens (including phenoxy) is 2. The molecule has 0 radical (unpaired) electrons. The number of hydrogen-bond acceptors (Lipinski definition) is 4. The van der Waals surface area contributed by atoms with Crippen LogP contribution in [0.4, 0.5) is 13.2 Å². The molecule has 0 saturated heterocycles. The van der Waals surface area contributed by atoms with Crippen molar-refractivity contribution in [1.29, 1.82) is 0 Å². The van der Waals surface area contributed by atoms with Crippen molar-refractivity contribution in [3.63, 3.8) is 0 Å². The minimum atomic E-state index is -4.68. The number of aromatic nitrogens is 2. The van der Waals surface area contributed by atoms with Crippen LogP contribution in [0.5, 0.6) is 23.0 Å². The monoisotopic (exact) mass is 442 g/mol. The maximum absolute atomic E-state index is 13.7. The van der Waals surface area contributed by atoms with E-state index in [1.807, 2.05) is 0 Å². The van der Waals surface area contributed by atoms with Crippen molar-refractivity contribution >= 4 is 16.9 Å². The van der Waals surface area contributed by atoms with Gasteiger partial charge in [-0.3, -0.25) is 9.89 Å². The molecule has 0 saturated carbocycles. The fourth-order valence-corrected chi connectivity index (χ4v) is 3.15. The maximum atomic E-state index is 13.7. The SMILES string of the molecule is O=C(O)CCc1cccc(Oc2ccc(Oc3ccc4[nH]ncc4c3)cc2C(F)(F)F)c1. The Morgan fingerprint density at radius 3 is 2.50 bits per heavy atom. The van der Waals surface area contributed by atoms with Crippen molar-refractivity contribution in [2.75, 3.05) is 0 Å². The number of rotatable bonds is 7. The van der Waals surface area contributed by atoms with Crippen LogP contribution < -0.4 is 9.47 Å². The summed E-state index contributed by atoms with van der Waals surface area (Å²) in [5, 5.41) is 16.3. The summed E-state index contributed by atoms with van der Waals surface area (Å²) in [6, 6.07) is 14.8. The van der Waals surface area contributed by atoms with E-state index >= 15 is 0 Å². The molecule has 9 heteroatoms. The van der Waals surface area contributed by atoms with Crippen molar-refractivity contribution in [2.45, 2.75) is 19.0 Å². The van der Waals surface area contributed by atoms with Crippen molar-refractivity contribution in [3.05, 3.63) is 78.0 Å². The minimum absolute atomic E-state index is 0.00253. The lowest BCUT2D eigenvalue weighted by atomic mass is 10.1. The van der Waals surface area contributed by atoms with Gasteiger partial charge in [-0.15, -0.1) is 0 Å². The lowest BCUT2D eigenvalue weighted by Crippen LogP contribution is -2.07. The van der Waals surface area contributed by atoms with Crippen LogP contribution in [0.3, 0.4) is 0 Å². The topological polar surface area (TPSA) is 84.4 Å². The molecule has 3 aromatic carbocycles. The summed E-state index contributed by atoms with van der Waals surface area (Å²) in [7, 11) is 0. The molecule has 2 N–H and O–H groups in total. The number of halogens is 3. The summed E-state index contributed by atoms with van der Waals surface area (Å²) in [5.41, 5.74) is 0.436. The number of carboxylic acids is 1. The molecule has 0 aliphatic heterocycles. The zero-order chi connectivity index (χ0) is 22.7. The first-order valence-electron chi connectivity index (χ1n) is 9.59. The van der Waals surface area contributed by atoms with Gasteiger partial charge in [-0.25, -0.2) is 0 Å². The number of nitrogens with one attached hydrogen (secondary N) is 1. The highest BCUT2D eigenvalue weighted by Gasteiger charge is 2.35. The molecular weight excluding hydrogens is 425 g/mol. The van der Waals surface area contributed by atoms with Crippen LogP contribution in [0, 0.1) is 0 Å². The van der Waals surface area contributed by atoms with Gasteiger partial charge in [0.1, 0.15) is 28.6 Å².